The Balaban J connectivity index is 1.12. The average molecular weight is 653 g/mol. The first-order valence-electron chi connectivity index (χ1n) is 17.2. The summed E-state index contributed by atoms with van der Waals surface area (Å²) in [6.45, 7) is 6.72. The van der Waals surface area contributed by atoms with E-state index in [1.165, 1.54) is 16.7 Å². The summed E-state index contributed by atoms with van der Waals surface area (Å²) in [7, 11) is 0. The Labute approximate surface area is 294 Å². The molecule has 0 fully saturated rings. The Hall–Kier alpha value is -6.14. The number of hydrazone groups is 2. The minimum atomic E-state index is -0.212. The molecule has 0 amide bonds. The minimum Gasteiger partial charge on any atom is -0.298 e. The first-order valence-corrected chi connectivity index (χ1v) is 17.2. The molecule has 6 aromatic carbocycles. The number of rotatable bonds is 7. The summed E-state index contributed by atoms with van der Waals surface area (Å²) in [5.74, 6) is 1.75. The number of para-hydroxylation sites is 2. The standard InChI is InChI=1S/C44H40N6/c1-44(2,3)37-28-26-34(27-29-37)41-46-48-43(50(41)39-20-11-6-12-21-39)36-17-13-16-35(30-36)42-47-45-40(49(42)38-18-9-5-10-19-38)33-24-22-32(23-25-33)31-14-7-4-8-15-31/h4-30,40,43,45,48H,1-3H3. The van der Waals surface area contributed by atoms with E-state index in [2.05, 4.69) is 187 Å². The lowest BCUT2D eigenvalue weighted by Gasteiger charge is -2.29. The summed E-state index contributed by atoms with van der Waals surface area (Å²) in [4.78, 5) is 4.57. The van der Waals surface area contributed by atoms with Crippen LogP contribution in [-0.2, 0) is 5.41 Å². The van der Waals surface area contributed by atoms with Crippen molar-refractivity contribution >= 4 is 23.0 Å². The molecule has 0 spiro atoms. The molecule has 8 rings (SSSR count). The molecule has 2 atom stereocenters. The zero-order valence-corrected chi connectivity index (χ0v) is 28.5. The van der Waals surface area contributed by atoms with Gasteiger partial charge in [-0.05, 0) is 63.6 Å². The topological polar surface area (TPSA) is 55.3 Å². The Morgan fingerprint density at radius 1 is 0.440 bits per heavy atom. The van der Waals surface area contributed by atoms with Gasteiger partial charge in [-0.3, -0.25) is 20.7 Å². The summed E-state index contributed by atoms with van der Waals surface area (Å²) in [5.41, 5.74) is 17.1. The van der Waals surface area contributed by atoms with Gasteiger partial charge >= 0.3 is 0 Å². The molecule has 2 N–H and O–H groups in total. The Bertz CT molecular complexity index is 2140. The van der Waals surface area contributed by atoms with Crippen LogP contribution in [0.3, 0.4) is 0 Å². The Morgan fingerprint density at radius 3 is 1.46 bits per heavy atom. The molecule has 0 radical (unpaired) electrons. The number of nitrogens with one attached hydrogen (secondary N) is 2. The Morgan fingerprint density at radius 2 is 0.900 bits per heavy atom. The van der Waals surface area contributed by atoms with Gasteiger partial charge < -0.3 is 0 Å². The lowest BCUT2D eigenvalue weighted by molar-refractivity contribution is 0.590. The highest BCUT2D eigenvalue weighted by atomic mass is 15.5. The van der Waals surface area contributed by atoms with Gasteiger partial charge in [-0.1, -0.05) is 154 Å². The van der Waals surface area contributed by atoms with Gasteiger partial charge in [0.05, 0.1) is 0 Å². The van der Waals surface area contributed by atoms with Crippen LogP contribution in [0.25, 0.3) is 11.1 Å². The van der Waals surface area contributed by atoms with E-state index in [9.17, 15) is 0 Å². The van der Waals surface area contributed by atoms with Crippen LogP contribution in [0.5, 0.6) is 0 Å². The van der Waals surface area contributed by atoms with Gasteiger partial charge in [-0.25, -0.2) is 0 Å². The van der Waals surface area contributed by atoms with Gasteiger partial charge in [0.1, 0.15) is 12.3 Å². The maximum atomic E-state index is 4.97. The van der Waals surface area contributed by atoms with Crippen LogP contribution in [0.15, 0.2) is 174 Å². The largest absolute Gasteiger partial charge is 0.298 e. The predicted molar refractivity (Wildman–Crippen MR) is 206 cm³/mol. The van der Waals surface area contributed by atoms with E-state index >= 15 is 0 Å². The molecule has 50 heavy (non-hydrogen) atoms. The third-order valence-electron chi connectivity index (χ3n) is 9.43. The highest BCUT2D eigenvalue weighted by Gasteiger charge is 2.34. The van der Waals surface area contributed by atoms with Crippen molar-refractivity contribution in [1.29, 1.82) is 0 Å². The summed E-state index contributed by atoms with van der Waals surface area (Å²) >= 11 is 0. The molecule has 2 heterocycles. The molecule has 0 bridgehead atoms. The summed E-state index contributed by atoms with van der Waals surface area (Å²) in [5, 5.41) is 9.89. The molecule has 6 nitrogen and oxygen atoms in total. The van der Waals surface area contributed by atoms with Crippen molar-refractivity contribution < 1.29 is 0 Å². The van der Waals surface area contributed by atoms with Gasteiger partial charge in [0.25, 0.3) is 0 Å². The van der Waals surface area contributed by atoms with Gasteiger partial charge in [0.15, 0.2) is 11.7 Å². The van der Waals surface area contributed by atoms with Crippen molar-refractivity contribution in [3.8, 4) is 11.1 Å². The van der Waals surface area contributed by atoms with Crippen LogP contribution in [0.4, 0.5) is 11.4 Å². The third kappa shape index (κ3) is 6.01. The number of hydrogen-bond donors (Lipinski definition) is 2. The molecular weight excluding hydrogens is 613 g/mol. The van der Waals surface area contributed by atoms with Gasteiger partial charge in [-0.15, -0.1) is 0 Å². The zero-order chi connectivity index (χ0) is 34.1. The number of amidine groups is 2. The van der Waals surface area contributed by atoms with Crippen LogP contribution in [-0.4, -0.2) is 11.7 Å². The van der Waals surface area contributed by atoms with Crippen LogP contribution >= 0.6 is 0 Å². The number of hydrogen-bond acceptors (Lipinski definition) is 6. The SMILES string of the molecule is CC(C)(C)c1ccc(C2=NNC(c3cccc(C4=NNC(c5ccc(-c6ccccc6)cc5)N4c4ccccc4)c3)N2c2ccccc2)cc1. The van der Waals surface area contributed by atoms with E-state index < -0.39 is 0 Å². The zero-order valence-electron chi connectivity index (χ0n) is 28.5. The van der Waals surface area contributed by atoms with E-state index in [1.54, 1.807) is 0 Å². The average Bonchev–Trinajstić information content (AvgIpc) is 3.82. The van der Waals surface area contributed by atoms with Crippen molar-refractivity contribution in [2.75, 3.05) is 9.80 Å². The quantitative estimate of drug-likeness (QED) is 0.180. The number of anilines is 2. The predicted octanol–water partition coefficient (Wildman–Crippen LogP) is 9.59. The fourth-order valence-electron chi connectivity index (χ4n) is 6.74. The maximum absolute atomic E-state index is 4.97. The Kier molecular flexibility index (Phi) is 8.13. The van der Waals surface area contributed by atoms with Crippen molar-refractivity contribution in [2.24, 2.45) is 10.2 Å². The van der Waals surface area contributed by atoms with Crippen LogP contribution in [0, 0.1) is 0 Å². The second-order valence-corrected chi connectivity index (χ2v) is 13.8. The second kappa shape index (κ2) is 13.1. The van der Waals surface area contributed by atoms with E-state index in [0.29, 0.717) is 0 Å². The molecule has 0 aliphatic carbocycles. The van der Waals surface area contributed by atoms with Crippen LogP contribution in [0.1, 0.15) is 60.9 Å². The summed E-state index contributed by atoms with van der Waals surface area (Å²) < 4.78 is 0. The van der Waals surface area contributed by atoms with E-state index in [0.717, 1.165) is 45.3 Å². The lowest BCUT2D eigenvalue weighted by atomic mass is 9.86. The van der Waals surface area contributed by atoms with Crippen molar-refractivity contribution in [1.82, 2.24) is 10.9 Å². The van der Waals surface area contributed by atoms with Gasteiger partial charge in [0, 0.05) is 22.5 Å². The molecule has 0 saturated carbocycles. The van der Waals surface area contributed by atoms with Crippen molar-refractivity contribution in [3.05, 3.63) is 192 Å². The van der Waals surface area contributed by atoms with Gasteiger partial charge in [0.2, 0.25) is 0 Å². The normalized spacial score (nSPS) is 17.2. The molecule has 2 aliphatic rings. The van der Waals surface area contributed by atoms with Crippen molar-refractivity contribution in [3.63, 3.8) is 0 Å². The van der Waals surface area contributed by atoms with E-state index in [-0.39, 0.29) is 17.7 Å². The van der Waals surface area contributed by atoms with Crippen molar-refractivity contribution in [2.45, 2.75) is 38.5 Å². The second-order valence-electron chi connectivity index (χ2n) is 13.8. The molecule has 6 heteroatoms. The van der Waals surface area contributed by atoms with Gasteiger partial charge in [-0.2, -0.15) is 10.2 Å². The maximum Gasteiger partial charge on any atom is 0.162 e. The highest BCUT2D eigenvalue weighted by Crippen LogP contribution is 2.36. The smallest absolute Gasteiger partial charge is 0.162 e. The summed E-state index contributed by atoms with van der Waals surface area (Å²) in [6, 6.07) is 57.6. The van der Waals surface area contributed by atoms with Crippen LogP contribution in [0.2, 0.25) is 0 Å². The fraction of sp³-hybridized carbons (Fsp3) is 0.136. The molecule has 6 aromatic rings. The molecular formula is C44H40N6. The minimum absolute atomic E-state index is 0.0758. The third-order valence-corrected chi connectivity index (χ3v) is 9.43. The van der Waals surface area contributed by atoms with Crippen LogP contribution < -0.4 is 20.7 Å². The molecule has 0 saturated heterocycles. The lowest BCUT2D eigenvalue weighted by Crippen LogP contribution is -2.35. The highest BCUT2D eigenvalue weighted by molar-refractivity contribution is 6.12. The molecule has 2 aliphatic heterocycles. The first kappa shape index (κ1) is 31.1. The first-order chi connectivity index (χ1) is 24.4. The molecule has 2 unspecified atom stereocenters. The number of nitrogens with zero attached hydrogens (tertiary/aromatic N) is 4. The van der Waals surface area contributed by atoms with E-state index in [1.807, 2.05) is 18.2 Å². The monoisotopic (exact) mass is 652 g/mol. The van der Waals surface area contributed by atoms with E-state index in [4.69, 9.17) is 10.2 Å². The summed E-state index contributed by atoms with van der Waals surface area (Å²) in [6.07, 6.45) is -0.381. The molecule has 0 aromatic heterocycles. The fourth-order valence-corrected chi connectivity index (χ4v) is 6.74. The number of benzene rings is 6. The molecule has 246 valence electrons.